The fourth-order valence-electron chi connectivity index (χ4n) is 15.7. The highest BCUT2D eigenvalue weighted by Crippen LogP contribution is 2.44. The summed E-state index contributed by atoms with van der Waals surface area (Å²) in [5, 5.41) is 2.72. The molecule has 0 bridgehead atoms. The fourth-order valence-corrected chi connectivity index (χ4v) is 22.5. The number of likely N-dealkylation sites (N-methyl/N-ethyl adjacent to an activating group) is 2. The topological polar surface area (TPSA) is 129 Å². The minimum atomic E-state index is -1.07. The summed E-state index contributed by atoms with van der Waals surface area (Å²) >= 11 is 0. The van der Waals surface area contributed by atoms with Crippen LogP contribution in [0.5, 0.6) is 0 Å². The Kier molecular flexibility index (Phi) is 43.4. The predicted octanol–water partition coefficient (Wildman–Crippen LogP) is 15.3. The quantitative estimate of drug-likeness (QED) is 0.0628. The van der Waals surface area contributed by atoms with Crippen LogP contribution in [0.15, 0.2) is 66.8 Å². The monoisotopic (exact) mass is 1450 g/mol. The third-order valence-electron chi connectivity index (χ3n) is 20.6. The lowest BCUT2D eigenvalue weighted by Gasteiger charge is -2.28. The van der Waals surface area contributed by atoms with E-state index in [0.717, 1.165) is 155 Å². The van der Waals surface area contributed by atoms with Gasteiger partial charge < -0.3 is 29.0 Å². The van der Waals surface area contributed by atoms with E-state index in [1.54, 1.807) is 19.3 Å². The maximum absolute atomic E-state index is 12.0. The van der Waals surface area contributed by atoms with Crippen LogP contribution < -0.4 is 5.32 Å². The van der Waals surface area contributed by atoms with Gasteiger partial charge in [0.2, 0.25) is 17.7 Å². The zero-order valence-electron chi connectivity index (χ0n) is 58.3. The van der Waals surface area contributed by atoms with Crippen LogP contribution in [0, 0.1) is 47.3 Å². The van der Waals surface area contributed by atoms with E-state index in [4.69, 9.17) is 4.74 Å². The van der Waals surface area contributed by atoms with E-state index in [2.05, 4.69) is 134 Å². The first-order valence-corrected chi connectivity index (χ1v) is 50.6. The molecule has 1 N–H and O–H groups in total. The number of fused-ring (bicyclic) bond motifs is 4. The lowest BCUT2D eigenvalue weighted by atomic mass is 9.90. The number of methoxy groups -OCH3 is 1. The van der Waals surface area contributed by atoms with Gasteiger partial charge >= 0.3 is 0 Å². The van der Waals surface area contributed by atoms with E-state index in [0.29, 0.717) is 41.0 Å². The van der Waals surface area contributed by atoms with Crippen molar-refractivity contribution in [1.29, 1.82) is 0 Å². The largest absolute Gasteiger partial charge is 0.369 e. The normalized spacial score (nSPS) is 29.2. The Morgan fingerprint density at radius 3 is 1.80 bits per heavy atom. The average Bonchev–Trinajstić information content (AvgIpc) is 2.30. The van der Waals surface area contributed by atoms with E-state index < -0.39 is 8.07 Å². The first kappa shape index (κ1) is 83.3. The molecule has 0 aromatic heterocycles. The van der Waals surface area contributed by atoms with Crippen LogP contribution in [0.25, 0.3) is 0 Å². The summed E-state index contributed by atoms with van der Waals surface area (Å²) in [7, 11) is 19.0. The number of hydrogen-bond acceptors (Lipinski definition) is 11. The molecule has 23 heteroatoms. The number of likely N-dealkylation sites (tertiary alicyclic amines) is 2. The van der Waals surface area contributed by atoms with E-state index >= 15 is 0 Å². The Bertz CT molecular complexity index is 2320. The van der Waals surface area contributed by atoms with Crippen LogP contribution in [0.2, 0.25) is 19.6 Å². The second kappa shape index (κ2) is 48.4. The summed E-state index contributed by atoms with van der Waals surface area (Å²) in [6.45, 7) is 19.4. The summed E-state index contributed by atoms with van der Waals surface area (Å²) in [5.74, 6) is 7.43. The molecule has 4 aliphatic carbocycles. The molecule has 7 aliphatic heterocycles. The zero-order valence-corrected chi connectivity index (χ0v) is 68.0. The molecule has 5 saturated heterocycles. The molecule has 12 rings (SSSR count). The Morgan fingerprint density at radius 2 is 1.18 bits per heavy atom. The SMILES string of the molecule is CN1CCC(CCC=O)C1C=O.CN1CCC2CCC=CC21.COCN(Cc1ccccc1)C[Si](C)(C)C.O=C1C2CCCC2CCCN1PP.O=C1C=CCCCN1.O=C1C=CCCCN1PP.PPN1CCCC2CCCC2C1.PPN1CCCC2CCCC2C1. The molecular formula is C70H128N8O6P8Si. The smallest absolute Gasteiger partial charge is 0.249 e. The number of nitrogens with zero attached hydrogens (tertiary/aromatic N) is 7. The molecule has 0 radical (unpaired) electrons. The number of hydrogen-bond donors (Lipinski definition) is 1. The Hall–Kier alpha value is -0.393. The van der Waals surface area contributed by atoms with Crippen LogP contribution in [0.1, 0.15) is 166 Å². The molecule has 18 unspecified atom stereocenters. The summed E-state index contributed by atoms with van der Waals surface area (Å²) in [5.41, 5.74) is 1.36. The van der Waals surface area contributed by atoms with Crippen LogP contribution in [-0.4, -0.2) is 177 Å². The van der Waals surface area contributed by atoms with Crippen molar-refractivity contribution >= 4 is 108 Å². The number of amides is 3. The second-order valence-electron chi connectivity index (χ2n) is 28.8. The minimum absolute atomic E-state index is 0.0440. The van der Waals surface area contributed by atoms with Gasteiger partial charge in [0, 0.05) is 77.8 Å². The number of carbonyl (C=O) groups excluding carboxylic acids is 5. The van der Waals surface area contributed by atoms with E-state index in [1.165, 1.54) is 154 Å². The van der Waals surface area contributed by atoms with E-state index in [9.17, 15) is 24.0 Å². The molecule has 18 atom stereocenters. The van der Waals surface area contributed by atoms with Crippen LogP contribution >= 0.6 is 69.4 Å². The third-order valence-corrected chi connectivity index (χ3v) is 29.1. The van der Waals surface area contributed by atoms with E-state index in [-0.39, 0.29) is 17.9 Å². The van der Waals surface area contributed by atoms with E-state index in [1.807, 2.05) is 28.5 Å². The molecule has 8 fully saturated rings. The maximum Gasteiger partial charge on any atom is 0.249 e. The van der Waals surface area contributed by atoms with Gasteiger partial charge in [-0.05, 0) is 248 Å². The highest BCUT2D eigenvalue weighted by molar-refractivity contribution is 8.02. The summed E-state index contributed by atoms with van der Waals surface area (Å²) in [4.78, 5) is 61.3. The molecule has 3 amide bonds. The van der Waals surface area contributed by atoms with Gasteiger partial charge in [0.05, 0.1) is 20.8 Å². The summed E-state index contributed by atoms with van der Waals surface area (Å²) in [6.07, 6.45) is 47.1. The molecule has 528 valence electrons. The third kappa shape index (κ3) is 32.0. The first-order valence-electron chi connectivity index (χ1n) is 35.8. The summed E-state index contributed by atoms with van der Waals surface area (Å²) < 4.78 is 14.4. The molecule has 1 aromatic carbocycles. The number of ether oxygens (including phenoxy) is 1. The number of allylic oxidation sites excluding steroid dienone is 3. The van der Waals surface area contributed by atoms with Crippen molar-refractivity contribution in [3.05, 3.63) is 72.4 Å². The Labute approximate surface area is 583 Å². The van der Waals surface area contributed by atoms with Crippen LogP contribution in [0.4, 0.5) is 0 Å². The van der Waals surface area contributed by atoms with Gasteiger partial charge in [-0.1, -0.05) is 142 Å². The van der Waals surface area contributed by atoms with Gasteiger partial charge in [0.15, 0.2) is 0 Å². The molecular weight excluding hydrogens is 1320 g/mol. The van der Waals surface area contributed by atoms with Crippen LogP contribution in [-0.2, 0) is 35.3 Å². The minimum Gasteiger partial charge on any atom is -0.369 e. The average molecular weight is 1450 g/mol. The van der Waals surface area contributed by atoms with Gasteiger partial charge in [0.1, 0.15) is 12.6 Å². The second-order valence-corrected chi connectivity index (χ2v) is 40.7. The highest BCUT2D eigenvalue weighted by atomic mass is 32.0. The van der Waals surface area contributed by atoms with Crippen LogP contribution in [0.3, 0.4) is 0 Å². The molecule has 14 nitrogen and oxygen atoms in total. The molecule has 93 heavy (non-hydrogen) atoms. The highest BCUT2D eigenvalue weighted by Gasteiger charge is 2.38. The zero-order chi connectivity index (χ0) is 67.2. The molecule has 1 aromatic rings. The Morgan fingerprint density at radius 1 is 0.602 bits per heavy atom. The van der Waals surface area contributed by atoms with Crippen molar-refractivity contribution in [2.24, 2.45) is 47.3 Å². The number of carbonyl (C=O) groups is 5. The first-order chi connectivity index (χ1) is 45.0. The molecule has 3 saturated carbocycles. The van der Waals surface area contributed by atoms with Crippen molar-refractivity contribution in [3.63, 3.8) is 0 Å². The fraction of sp³-hybridized carbons (Fsp3) is 0.757. The number of benzene rings is 1. The molecule has 0 spiro atoms. The van der Waals surface area contributed by atoms with Gasteiger partial charge in [-0.25, -0.2) is 0 Å². The van der Waals surface area contributed by atoms with Crippen molar-refractivity contribution < 1.29 is 28.7 Å². The van der Waals surface area contributed by atoms with Crippen molar-refractivity contribution in [2.75, 3.05) is 93.0 Å². The maximum atomic E-state index is 12.0. The summed E-state index contributed by atoms with van der Waals surface area (Å²) in [6, 6.07) is 11.4. The number of aldehydes is 2. The molecule has 7 heterocycles. The number of nitrogens with one attached hydrogen (secondary N) is 1. The molecule has 11 aliphatic rings. The van der Waals surface area contributed by atoms with Gasteiger partial charge in [0.25, 0.3) is 0 Å². The standard InChI is InChI=1S/C13H23NOSi.C9H15NO2.C9H17NOP2.2C9H19NP2.C9H15N.C6H11NOP2.C6H9NO/c1-15-11-14(12-16(2,3)4)10-13-8-6-5-7-9-13;1-10-5-4-8(3-2-6-11)9(10)7-12;11-9-8-5-1-3-7(8)4-2-6-10(9)13-12;2*11-12-10-6-2-5-8-3-1-4-9(8)7-10;1-10-7-6-8-4-2-3-5-9(8)10;8-6-4-2-1-3-5-7(6)10-9;8-6-4-2-1-3-5-7-6/h5-9H,10-12H2,1-4H3;6-9H,2-5H2,1H3;7-8,13H,1-6,12H2;2*8-9,12H,1-7,11H2;3,5,8-9H,2,4,6-7H2,1H3;2,4,10H,1,3,5,9H2;2,4H,1,3,5H2,(H,7,8). The van der Waals surface area contributed by atoms with Gasteiger partial charge in [-0.15, -0.1) is 0 Å². The van der Waals surface area contributed by atoms with Crippen molar-refractivity contribution in [3.8, 4) is 0 Å². The Balaban J connectivity index is 0.000000194. The van der Waals surface area contributed by atoms with Crippen molar-refractivity contribution in [1.82, 2.24) is 38.7 Å². The predicted molar refractivity (Wildman–Crippen MR) is 419 cm³/mol. The van der Waals surface area contributed by atoms with Gasteiger partial charge in [-0.3, -0.25) is 38.4 Å². The lowest BCUT2D eigenvalue weighted by molar-refractivity contribution is -0.130. The van der Waals surface area contributed by atoms with Crippen molar-refractivity contribution in [2.45, 2.75) is 199 Å². The lowest BCUT2D eigenvalue weighted by Crippen LogP contribution is -2.40. The van der Waals surface area contributed by atoms with Gasteiger partial charge in [-0.2, -0.15) is 0 Å². The number of rotatable bonds is 14.